The highest BCUT2D eigenvalue weighted by Crippen LogP contribution is 2.33. The molecule has 1 aliphatic carbocycles. The summed E-state index contributed by atoms with van der Waals surface area (Å²) in [5.74, 6) is 0.673. The second kappa shape index (κ2) is 5.94. The Morgan fingerprint density at radius 3 is 2.75 bits per heavy atom. The second-order valence-electron chi connectivity index (χ2n) is 6.17. The average Bonchev–Trinajstić information content (AvgIpc) is 2.87. The fourth-order valence-electron chi connectivity index (χ4n) is 3.35. The van der Waals surface area contributed by atoms with Crippen LogP contribution in [0, 0.1) is 6.92 Å². The lowest BCUT2D eigenvalue weighted by Crippen LogP contribution is -2.11. The minimum absolute atomic E-state index is 0.673. The smallest absolute Gasteiger partial charge is 0.155 e. The Labute approximate surface area is 121 Å². The summed E-state index contributed by atoms with van der Waals surface area (Å²) in [4.78, 5) is 4.66. The van der Waals surface area contributed by atoms with Gasteiger partial charge in [0, 0.05) is 23.4 Å². The molecule has 0 atom stereocenters. The molecule has 0 spiro atoms. The standard InChI is InChI=1S/C17H25N3/c1-3-4-10-15-12-17-18-13(2)11-16(20(17)19-15)14-8-6-5-7-9-14/h11-12,14H,3-10H2,1-2H3. The second-order valence-corrected chi connectivity index (χ2v) is 6.17. The van der Waals surface area contributed by atoms with Crippen LogP contribution in [0.4, 0.5) is 0 Å². The number of rotatable bonds is 4. The van der Waals surface area contributed by atoms with Gasteiger partial charge in [-0.15, -0.1) is 0 Å². The van der Waals surface area contributed by atoms with Gasteiger partial charge in [0.25, 0.3) is 0 Å². The number of unbranched alkanes of at least 4 members (excludes halogenated alkanes) is 1. The van der Waals surface area contributed by atoms with E-state index >= 15 is 0 Å². The number of hydrogen-bond donors (Lipinski definition) is 0. The number of fused-ring (bicyclic) bond motifs is 1. The van der Waals surface area contributed by atoms with Gasteiger partial charge in [-0.05, 0) is 38.7 Å². The molecule has 2 heterocycles. The Kier molecular flexibility index (Phi) is 4.04. The number of nitrogens with zero attached hydrogens (tertiary/aromatic N) is 3. The molecule has 0 radical (unpaired) electrons. The van der Waals surface area contributed by atoms with Crippen molar-refractivity contribution in [2.75, 3.05) is 0 Å². The monoisotopic (exact) mass is 271 g/mol. The zero-order chi connectivity index (χ0) is 13.9. The lowest BCUT2D eigenvalue weighted by molar-refractivity contribution is 0.430. The van der Waals surface area contributed by atoms with Crippen LogP contribution >= 0.6 is 0 Å². The third-order valence-electron chi connectivity index (χ3n) is 4.44. The Hall–Kier alpha value is -1.38. The van der Waals surface area contributed by atoms with Gasteiger partial charge in [0.2, 0.25) is 0 Å². The van der Waals surface area contributed by atoms with Crippen molar-refractivity contribution >= 4 is 5.65 Å². The molecule has 3 rings (SSSR count). The molecule has 1 aliphatic rings. The molecule has 0 amide bonds. The number of aromatic nitrogens is 3. The van der Waals surface area contributed by atoms with Crippen molar-refractivity contribution in [1.82, 2.24) is 14.6 Å². The highest BCUT2D eigenvalue weighted by Gasteiger charge is 2.20. The zero-order valence-corrected chi connectivity index (χ0v) is 12.7. The molecular weight excluding hydrogens is 246 g/mol. The van der Waals surface area contributed by atoms with Gasteiger partial charge in [0.15, 0.2) is 5.65 Å². The first kappa shape index (κ1) is 13.6. The van der Waals surface area contributed by atoms with Crippen LogP contribution < -0.4 is 0 Å². The van der Waals surface area contributed by atoms with E-state index in [0.29, 0.717) is 5.92 Å². The molecule has 1 fully saturated rings. The summed E-state index contributed by atoms with van der Waals surface area (Å²) in [7, 11) is 0. The SMILES string of the molecule is CCCCc1cc2nc(C)cc(C3CCCCC3)n2n1. The maximum Gasteiger partial charge on any atom is 0.155 e. The molecule has 0 N–H and O–H groups in total. The van der Waals surface area contributed by atoms with Crippen molar-refractivity contribution in [2.24, 2.45) is 0 Å². The molecule has 0 aromatic carbocycles. The predicted molar refractivity (Wildman–Crippen MR) is 82.2 cm³/mol. The summed E-state index contributed by atoms with van der Waals surface area (Å²) >= 11 is 0. The van der Waals surface area contributed by atoms with Gasteiger partial charge in [-0.1, -0.05) is 32.6 Å². The molecule has 0 bridgehead atoms. The van der Waals surface area contributed by atoms with E-state index in [4.69, 9.17) is 5.10 Å². The molecule has 2 aromatic rings. The Bertz CT molecular complexity index is 579. The number of hydrogen-bond acceptors (Lipinski definition) is 2. The Balaban J connectivity index is 1.98. The lowest BCUT2D eigenvalue weighted by Gasteiger charge is -2.22. The maximum atomic E-state index is 4.82. The van der Waals surface area contributed by atoms with Crippen LogP contribution in [0.5, 0.6) is 0 Å². The maximum absolute atomic E-state index is 4.82. The van der Waals surface area contributed by atoms with E-state index in [9.17, 15) is 0 Å². The van der Waals surface area contributed by atoms with Crippen molar-refractivity contribution < 1.29 is 0 Å². The van der Waals surface area contributed by atoms with Crippen LogP contribution in [-0.4, -0.2) is 14.6 Å². The summed E-state index contributed by atoms with van der Waals surface area (Å²) in [5.41, 5.74) is 4.74. The summed E-state index contributed by atoms with van der Waals surface area (Å²) < 4.78 is 2.12. The first-order valence-corrected chi connectivity index (χ1v) is 8.14. The van der Waals surface area contributed by atoms with Crippen molar-refractivity contribution in [2.45, 2.75) is 71.1 Å². The average molecular weight is 271 g/mol. The molecule has 3 nitrogen and oxygen atoms in total. The quantitative estimate of drug-likeness (QED) is 0.823. The molecule has 20 heavy (non-hydrogen) atoms. The van der Waals surface area contributed by atoms with Crippen LogP contribution in [0.2, 0.25) is 0 Å². The van der Waals surface area contributed by atoms with E-state index in [1.165, 1.54) is 56.3 Å². The van der Waals surface area contributed by atoms with Crippen LogP contribution in [-0.2, 0) is 6.42 Å². The number of aryl methyl sites for hydroxylation is 2. The van der Waals surface area contributed by atoms with Crippen molar-refractivity contribution in [1.29, 1.82) is 0 Å². The summed E-state index contributed by atoms with van der Waals surface area (Å²) in [5, 5.41) is 4.82. The normalized spacial score (nSPS) is 16.9. The van der Waals surface area contributed by atoms with Crippen LogP contribution in [0.15, 0.2) is 12.1 Å². The van der Waals surface area contributed by atoms with Gasteiger partial charge < -0.3 is 0 Å². The third kappa shape index (κ3) is 2.72. The molecule has 108 valence electrons. The van der Waals surface area contributed by atoms with E-state index in [-0.39, 0.29) is 0 Å². The summed E-state index contributed by atoms with van der Waals surface area (Å²) in [6.07, 6.45) is 10.2. The Morgan fingerprint density at radius 1 is 1.20 bits per heavy atom. The highest BCUT2D eigenvalue weighted by molar-refractivity contribution is 5.42. The summed E-state index contributed by atoms with van der Waals surface area (Å²) in [6, 6.07) is 4.43. The topological polar surface area (TPSA) is 30.2 Å². The third-order valence-corrected chi connectivity index (χ3v) is 4.44. The van der Waals surface area contributed by atoms with E-state index in [2.05, 4.69) is 35.5 Å². The molecule has 0 aliphatic heterocycles. The Morgan fingerprint density at radius 2 is 2.00 bits per heavy atom. The van der Waals surface area contributed by atoms with Gasteiger partial charge in [-0.2, -0.15) is 5.10 Å². The van der Waals surface area contributed by atoms with E-state index in [1.54, 1.807) is 0 Å². The van der Waals surface area contributed by atoms with Gasteiger partial charge in [-0.25, -0.2) is 9.50 Å². The zero-order valence-electron chi connectivity index (χ0n) is 12.7. The lowest BCUT2D eigenvalue weighted by atomic mass is 9.86. The van der Waals surface area contributed by atoms with Crippen molar-refractivity contribution in [3.8, 4) is 0 Å². The van der Waals surface area contributed by atoms with Gasteiger partial charge >= 0.3 is 0 Å². The minimum atomic E-state index is 0.673. The molecule has 0 unspecified atom stereocenters. The first-order valence-electron chi connectivity index (χ1n) is 8.14. The van der Waals surface area contributed by atoms with Gasteiger partial charge in [0.1, 0.15) is 0 Å². The predicted octanol–water partition coefficient (Wildman–Crippen LogP) is 4.43. The van der Waals surface area contributed by atoms with Gasteiger partial charge in [0.05, 0.1) is 5.69 Å². The van der Waals surface area contributed by atoms with Crippen molar-refractivity contribution in [3.63, 3.8) is 0 Å². The molecule has 1 saturated carbocycles. The largest absolute Gasteiger partial charge is 0.234 e. The van der Waals surface area contributed by atoms with Crippen LogP contribution in [0.25, 0.3) is 5.65 Å². The highest BCUT2D eigenvalue weighted by atomic mass is 15.3. The van der Waals surface area contributed by atoms with E-state index in [0.717, 1.165) is 17.8 Å². The molecule has 3 heteroatoms. The molecular formula is C17H25N3. The minimum Gasteiger partial charge on any atom is -0.234 e. The fraction of sp³-hybridized carbons (Fsp3) is 0.647. The van der Waals surface area contributed by atoms with E-state index in [1.807, 2.05) is 0 Å². The fourth-order valence-corrected chi connectivity index (χ4v) is 3.35. The van der Waals surface area contributed by atoms with E-state index < -0.39 is 0 Å². The first-order chi connectivity index (χ1) is 9.78. The molecule has 2 aromatic heterocycles. The molecule has 0 saturated heterocycles. The summed E-state index contributed by atoms with van der Waals surface area (Å²) in [6.45, 7) is 4.33. The van der Waals surface area contributed by atoms with Crippen LogP contribution in [0.1, 0.15) is 74.9 Å². The van der Waals surface area contributed by atoms with Crippen molar-refractivity contribution in [3.05, 3.63) is 29.2 Å². The van der Waals surface area contributed by atoms with Gasteiger partial charge in [-0.3, -0.25) is 0 Å². The van der Waals surface area contributed by atoms with Crippen LogP contribution in [0.3, 0.4) is 0 Å².